The molecule has 4 atom stereocenters. The number of aryl methyl sites for hydroxylation is 1. The highest BCUT2D eigenvalue weighted by molar-refractivity contribution is 5.29. The molecule has 2 heteroatoms. The van der Waals surface area contributed by atoms with Gasteiger partial charge in [0.05, 0.1) is 6.10 Å². The lowest BCUT2D eigenvalue weighted by atomic mass is 9.81. The normalized spacial score (nSPS) is 33.0. The average molecular weight is 234 g/mol. The summed E-state index contributed by atoms with van der Waals surface area (Å²) in [7, 11) is 0. The van der Waals surface area contributed by atoms with Crippen molar-refractivity contribution in [2.75, 3.05) is 0 Å². The summed E-state index contributed by atoms with van der Waals surface area (Å²) >= 11 is 0. The Morgan fingerprint density at radius 3 is 2.71 bits per heavy atom. The predicted octanol–water partition coefficient (Wildman–Crippen LogP) is 3.60. The molecule has 0 saturated heterocycles. The van der Waals surface area contributed by atoms with Crippen molar-refractivity contribution in [3.8, 4) is 0 Å². The minimum Gasteiger partial charge on any atom is -0.388 e. The Kier molecular flexibility index (Phi) is 2.70. The van der Waals surface area contributed by atoms with E-state index in [1.54, 1.807) is 6.07 Å². The molecule has 92 valence electrons. The molecular weight excluding hydrogens is 215 g/mol. The first-order chi connectivity index (χ1) is 8.15. The predicted molar refractivity (Wildman–Crippen MR) is 65.0 cm³/mol. The molecule has 2 bridgehead atoms. The van der Waals surface area contributed by atoms with Crippen molar-refractivity contribution in [1.29, 1.82) is 0 Å². The molecule has 0 amide bonds. The van der Waals surface area contributed by atoms with E-state index in [2.05, 4.69) is 0 Å². The topological polar surface area (TPSA) is 20.2 Å². The zero-order valence-corrected chi connectivity index (χ0v) is 10.2. The monoisotopic (exact) mass is 234 g/mol. The number of halogens is 1. The fraction of sp³-hybridized carbons (Fsp3) is 0.600. The SMILES string of the molecule is Cc1cc(F)ccc1C(O)C1CC2CCC1C2. The number of aliphatic hydroxyl groups excluding tert-OH is 1. The van der Waals surface area contributed by atoms with Crippen molar-refractivity contribution in [3.63, 3.8) is 0 Å². The lowest BCUT2D eigenvalue weighted by Gasteiger charge is -2.28. The summed E-state index contributed by atoms with van der Waals surface area (Å²) in [6, 6.07) is 4.73. The minimum absolute atomic E-state index is 0.216. The second-order valence-corrected chi connectivity index (χ2v) is 5.78. The van der Waals surface area contributed by atoms with Crippen LogP contribution in [-0.4, -0.2) is 5.11 Å². The van der Waals surface area contributed by atoms with Crippen molar-refractivity contribution >= 4 is 0 Å². The summed E-state index contributed by atoms with van der Waals surface area (Å²) in [6.07, 6.45) is 4.67. The number of hydrogen-bond acceptors (Lipinski definition) is 1. The number of rotatable bonds is 2. The zero-order chi connectivity index (χ0) is 12.0. The van der Waals surface area contributed by atoms with Crippen LogP contribution in [0.15, 0.2) is 18.2 Å². The molecule has 17 heavy (non-hydrogen) atoms. The Morgan fingerprint density at radius 2 is 2.12 bits per heavy atom. The van der Waals surface area contributed by atoms with Crippen LogP contribution in [0, 0.1) is 30.5 Å². The van der Waals surface area contributed by atoms with Crippen molar-refractivity contribution in [3.05, 3.63) is 35.1 Å². The van der Waals surface area contributed by atoms with E-state index in [1.807, 2.05) is 6.92 Å². The molecule has 1 nitrogen and oxygen atoms in total. The maximum Gasteiger partial charge on any atom is 0.123 e. The Morgan fingerprint density at radius 1 is 1.29 bits per heavy atom. The van der Waals surface area contributed by atoms with Crippen molar-refractivity contribution in [2.24, 2.45) is 17.8 Å². The van der Waals surface area contributed by atoms with Gasteiger partial charge < -0.3 is 5.11 Å². The third-order valence-electron chi connectivity index (χ3n) is 4.75. The van der Waals surface area contributed by atoms with Gasteiger partial charge in [0.25, 0.3) is 0 Å². The van der Waals surface area contributed by atoms with Crippen LogP contribution in [0.25, 0.3) is 0 Å². The van der Waals surface area contributed by atoms with Crippen LogP contribution in [-0.2, 0) is 0 Å². The number of hydrogen-bond donors (Lipinski definition) is 1. The molecule has 3 rings (SSSR count). The van der Waals surface area contributed by atoms with Gasteiger partial charge in [0, 0.05) is 0 Å². The van der Waals surface area contributed by atoms with Gasteiger partial charge >= 0.3 is 0 Å². The molecule has 1 aromatic rings. The van der Waals surface area contributed by atoms with Gasteiger partial charge in [0.15, 0.2) is 0 Å². The third kappa shape index (κ3) is 1.89. The van der Waals surface area contributed by atoms with Gasteiger partial charge in [0.1, 0.15) is 5.82 Å². The average Bonchev–Trinajstić information content (AvgIpc) is 2.89. The summed E-state index contributed by atoms with van der Waals surface area (Å²) in [5.74, 6) is 1.71. The Labute approximate surface area is 102 Å². The molecule has 0 aliphatic heterocycles. The van der Waals surface area contributed by atoms with Crippen LogP contribution in [0.1, 0.15) is 42.9 Å². The standard InChI is InChI=1S/C15H19FO/c1-9-6-12(16)4-5-13(9)15(17)14-8-10-2-3-11(14)7-10/h4-6,10-11,14-15,17H,2-3,7-8H2,1H3. The van der Waals surface area contributed by atoms with Crippen LogP contribution in [0.2, 0.25) is 0 Å². The molecule has 0 aromatic heterocycles. The fourth-order valence-corrected chi connectivity index (χ4v) is 3.88. The number of aliphatic hydroxyl groups is 1. The van der Waals surface area contributed by atoms with Gasteiger partial charge in [-0.2, -0.15) is 0 Å². The molecule has 2 aliphatic carbocycles. The summed E-state index contributed by atoms with van der Waals surface area (Å²) in [5, 5.41) is 10.5. The second-order valence-electron chi connectivity index (χ2n) is 5.78. The van der Waals surface area contributed by atoms with Gasteiger partial charge in [-0.15, -0.1) is 0 Å². The first kappa shape index (κ1) is 11.2. The third-order valence-corrected chi connectivity index (χ3v) is 4.75. The van der Waals surface area contributed by atoms with Crippen molar-refractivity contribution in [2.45, 2.75) is 38.7 Å². The van der Waals surface area contributed by atoms with E-state index in [4.69, 9.17) is 0 Å². The summed E-state index contributed by atoms with van der Waals surface area (Å²) in [6.45, 7) is 1.88. The molecule has 2 aliphatic rings. The second kappa shape index (κ2) is 4.09. The highest BCUT2D eigenvalue weighted by atomic mass is 19.1. The van der Waals surface area contributed by atoms with Crippen LogP contribution in [0.5, 0.6) is 0 Å². The van der Waals surface area contributed by atoms with Crippen LogP contribution >= 0.6 is 0 Å². The van der Waals surface area contributed by atoms with Crippen LogP contribution < -0.4 is 0 Å². The maximum absolute atomic E-state index is 13.1. The van der Waals surface area contributed by atoms with Gasteiger partial charge in [0.2, 0.25) is 0 Å². The van der Waals surface area contributed by atoms with E-state index < -0.39 is 6.10 Å². The first-order valence-corrected chi connectivity index (χ1v) is 6.59. The number of fused-ring (bicyclic) bond motifs is 2. The molecule has 0 spiro atoms. The fourth-order valence-electron chi connectivity index (χ4n) is 3.88. The van der Waals surface area contributed by atoms with Crippen LogP contribution in [0.3, 0.4) is 0 Å². The largest absolute Gasteiger partial charge is 0.388 e. The van der Waals surface area contributed by atoms with Crippen molar-refractivity contribution in [1.82, 2.24) is 0 Å². The van der Waals surface area contributed by atoms with Gasteiger partial charge in [-0.25, -0.2) is 4.39 Å². The smallest absolute Gasteiger partial charge is 0.123 e. The molecule has 2 fully saturated rings. The number of benzene rings is 1. The van der Waals surface area contributed by atoms with E-state index in [0.29, 0.717) is 11.8 Å². The minimum atomic E-state index is -0.397. The molecule has 0 heterocycles. The van der Waals surface area contributed by atoms with E-state index in [-0.39, 0.29) is 5.82 Å². The lowest BCUT2D eigenvalue weighted by molar-refractivity contribution is 0.0739. The van der Waals surface area contributed by atoms with E-state index >= 15 is 0 Å². The quantitative estimate of drug-likeness (QED) is 0.829. The zero-order valence-electron chi connectivity index (χ0n) is 10.2. The Bertz CT molecular complexity index is 429. The van der Waals surface area contributed by atoms with Crippen LogP contribution in [0.4, 0.5) is 4.39 Å². The summed E-state index contributed by atoms with van der Waals surface area (Å²) in [4.78, 5) is 0. The summed E-state index contributed by atoms with van der Waals surface area (Å²) < 4.78 is 13.1. The Hall–Kier alpha value is -0.890. The highest BCUT2D eigenvalue weighted by Crippen LogP contribution is 2.52. The molecule has 0 radical (unpaired) electrons. The summed E-state index contributed by atoms with van der Waals surface area (Å²) in [5.41, 5.74) is 1.80. The van der Waals surface area contributed by atoms with Crippen molar-refractivity contribution < 1.29 is 9.50 Å². The van der Waals surface area contributed by atoms with Gasteiger partial charge in [-0.05, 0) is 67.2 Å². The first-order valence-electron chi connectivity index (χ1n) is 6.59. The molecule has 1 aromatic carbocycles. The van der Waals surface area contributed by atoms with E-state index in [0.717, 1.165) is 23.5 Å². The molecular formula is C15H19FO. The lowest BCUT2D eigenvalue weighted by Crippen LogP contribution is -2.19. The molecule has 4 unspecified atom stereocenters. The van der Waals surface area contributed by atoms with E-state index in [9.17, 15) is 9.50 Å². The maximum atomic E-state index is 13.1. The molecule has 2 saturated carbocycles. The highest BCUT2D eigenvalue weighted by Gasteiger charge is 2.43. The molecule has 1 N–H and O–H groups in total. The van der Waals surface area contributed by atoms with Gasteiger partial charge in [-0.3, -0.25) is 0 Å². The van der Waals surface area contributed by atoms with Gasteiger partial charge in [-0.1, -0.05) is 12.5 Å². The van der Waals surface area contributed by atoms with E-state index in [1.165, 1.54) is 31.4 Å². The Balaban J connectivity index is 1.84.